The first-order valence-corrected chi connectivity index (χ1v) is 5.50. The van der Waals surface area contributed by atoms with E-state index in [9.17, 15) is 4.79 Å². The van der Waals surface area contributed by atoms with Gasteiger partial charge in [-0.2, -0.15) is 0 Å². The van der Waals surface area contributed by atoms with Gasteiger partial charge >= 0.3 is 5.97 Å². The molecule has 2 rings (SSSR count). The van der Waals surface area contributed by atoms with E-state index in [4.69, 9.17) is 4.74 Å². The Hall–Kier alpha value is -1.14. The molecule has 0 aromatic carbocycles. The summed E-state index contributed by atoms with van der Waals surface area (Å²) < 4.78 is 9.87. The maximum atomic E-state index is 11.2. The van der Waals surface area contributed by atoms with Crippen molar-refractivity contribution >= 4 is 22.4 Å². The molecule has 1 aromatic heterocycles. The van der Waals surface area contributed by atoms with Crippen LogP contribution in [0.25, 0.3) is 0 Å². The van der Waals surface area contributed by atoms with Gasteiger partial charge in [-0.05, 0) is 0 Å². The van der Waals surface area contributed by atoms with Crippen LogP contribution >= 0.6 is 11.3 Å². The fourth-order valence-corrected chi connectivity index (χ4v) is 2.25. The van der Waals surface area contributed by atoms with Crippen molar-refractivity contribution in [2.45, 2.75) is 0 Å². The molecule has 2 heterocycles. The van der Waals surface area contributed by atoms with E-state index in [1.165, 1.54) is 18.4 Å². The second kappa shape index (κ2) is 4.59. The number of nitrogens with zero attached hydrogens (tertiary/aromatic N) is 2. The average Bonchev–Trinajstić information content (AvgIpc) is 2.78. The number of carbonyl (C=O) groups excluding carboxylic acids is 1. The quantitative estimate of drug-likeness (QED) is 0.700. The van der Waals surface area contributed by atoms with Crippen LogP contribution in [0.4, 0.5) is 5.13 Å². The Kier molecular flexibility index (Phi) is 3.17. The van der Waals surface area contributed by atoms with E-state index in [0.717, 1.165) is 18.2 Å². The number of ether oxygens (including phenoxy) is 2. The molecule has 0 aliphatic carbocycles. The van der Waals surface area contributed by atoms with E-state index < -0.39 is 0 Å². The zero-order valence-corrected chi connectivity index (χ0v) is 9.25. The van der Waals surface area contributed by atoms with Crippen LogP contribution in [0.3, 0.4) is 0 Å². The molecule has 0 saturated carbocycles. The summed E-state index contributed by atoms with van der Waals surface area (Å²) in [6.45, 7) is 3.09. The normalized spacial score (nSPS) is 16.5. The molecular formula is C9H12N2O3S. The van der Waals surface area contributed by atoms with Crippen LogP contribution in [-0.2, 0) is 9.47 Å². The molecule has 1 saturated heterocycles. The van der Waals surface area contributed by atoms with Crippen LogP contribution in [0, 0.1) is 0 Å². The van der Waals surface area contributed by atoms with Crippen molar-refractivity contribution in [3.05, 3.63) is 11.1 Å². The lowest BCUT2D eigenvalue weighted by atomic mass is 10.5. The van der Waals surface area contributed by atoms with Gasteiger partial charge in [0.1, 0.15) is 4.88 Å². The predicted octanol–water partition coefficient (Wildman–Crippen LogP) is 0.766. The number of carbonyl (C=O) groups is 1. The Morgan fingerprint density at radius 1 is 1.60 bits per heavy atom. The number of hydrogen-bond acceptors (Lipinski definition) is 6. The maximum Gasteiger partial charge on any atom is 0.349 e. The Morgan fingerprint density at radius 3 is 3.00 bits per heavy atom. The smallest absolute Gasteiger partial charge is 0.349 e. The highest BCUT2D eigenvalue weighted by atomic mass is 32.1. The number of anilines is 1. The van der Waals surface area contributed by atoms with Crippen LogP contribution in [0.5, 0.6) is 0 Å². The lowest BCUT2D eigenvalue weighted by Crippen LogP contribution is -2.36. The van der Waals surface area contributed by atoms with Gasteiger partial charge in [-0.1, -0.05) is 11.3 Å². The number of rotatable bonds is 2. The second-order valence-corrected chi connectivity index (χ2v) is 4.11. The highest BCUT2D eigenvalue weighted by Crippen LogP contribution is 2.23. The number of aromatic nitrogens is 1. The zero-order valence-electron chi connectivity index (χ0n) is 8.43. The van der Waals surface area contributed by atoms with E-state index in [0.29, 0.717) is 18.1 Å². The van der Waals surface area contributed by atoms with Crippen molar-refractivity contribution in [1.82, 2.24) is 4.98 Å². The van der Waals surface area contributed by atoms with Crippen molar-refractivity contribution in [3.63, 3.8) is 0 Å². The highest BCUT2D eigenvalue weighted by Gasteiger charge is 2.17. The van der Waals surface area contributed by atoms with E-state index in [2.05, 4.69) is 14.6 Å². The van der Waals surface area contributed by atoms with Gasteiger partial charge in [0, 0.05) is 13.1 Å². The van der Waals surface area contributed by atoms with E-state index in [1.54, 1.807) is 6.20 Å². The topological polar surface area (TPSA) is 51.7 Å². The van der Waals surface area contributed by atoms with Gasteiger partial charge in [0.15, 0.2) is 5.13 Å². The molecule has 6 heteroatoms. The van der Waals surface area contributed by atoms with Crippen molar-refractivity contribution in [2.24, 2.45) is 0 Å². The van der Waals surface area contributed by atoms with E-state index >= 15 is 0 Å². The summed E-state index contributed by atoms with van der Waals surface area (Å²) >= 11 is 1.36. The van der Waals surface area contributed by atoms with Crippen LogP contribution < -0.4 is 4.90 Å². The minimum Gasteiger partial charge on any atom is -0.465 e. The number of methoxy groups -OCH3 is 1. The molecule has 1 fully saturated rings. The standard InChI is InChI=1S/C9H12N2O3S/c1-13-8(12)7-6-10-9(15-7)11-2-4-14-5-3-11/h6H,2-5H2,1H3. The number of thiazole rings is 1. The Labute approximate surface area is 91.6 Å². The largest absolute Gasteiger partial charge is 0.465 e. The van der Waals surface area contributed by atoms with Gasteiger partial charge in [0.2, 0.25) is 0 Å². The molecule has 15 heavy (non-hydrogen) atoms. The van der Waals surface area contributed by atoms with Crippen LogP contribution in [0.1, 0.15) is 9.67 Å². The molecule has 0 spiro atoms. The van der Waals surface area contributed by atoms with Crippen molar-refractivity contribution in [2.75, 3.05) is 38.3 Å². The third kappa shape index (κ3) is 2.27. The highest BCUT2D eigenvalue weighted by molar-refractivity contribution is 7.17. The Morgan fingerprint density at radius 2 is 2.33 bits per heavy atom. The number of esters is 1. The molecule has 5 nitrogen and oxygen atoms in total. The first kappa shape index (κ1) is 10.4. The first-order chi connectivity index (χ1) is 7.31. The fraction of sp³-hybridized carbons (Fsp3) is 0.556. The fourth-order valence-electron chi connectivity index (χ4n) is 1.36. The molecule has 0 atom stereocenters. The van der Waals surface area contributed by atoms with Gasteiger partial charge in [-0.3, -0.25) is 0 Å². The summed E-state index contributed by atoms with van der Waals surface area (Å²) in [6, 6.07) is 0. The van der Waals surface area contributed by atoms with Crippen molar-refractivity contribution in [1.29, 1.82) is 0 Å². The lowest BCUT2D eigenvalue weighted by molar-refractivity contribution is 0.0606. The first-order valence-electron chi connectivity index (χ1n) is 4.68. The van der Waals surface area contributed by atoms with E-state index in [1.807, 2.05) is 0 Å². The number of hydrogen-bond donors (Lipinski definition) is 0. The summed E-state index contributed by atoms with van der Waals surface area (Å²) in [5.41, 5.74) is 0. The predicted molar refractivity (Wildman–Crippen MR) is 56.5 cm³/mol. The minimum atomic E-state index is -0.327. The molecule has 0 unspecified atom stereocenters. The van der Waals surface area contributed by atoms with Crippen LogP contribution in [-0.4, -0.2) is 44.4 Å². The summed E-state index contributed by atoms with van der Waals surface area (Å²) in [5.74, 6) is -0.327. The summed E-state index contributed by atoms with van der Waals surface area (Å²) in [6.07, 6.45) is 1.56. The Bertz CT molecular complexity index is 347. The minimum absolute atomic E-state index is 0.327. The van der Waals surface area contributed by atoms with E-state index in [-0.39, 0.29) is 5.97 Å². The molecule has 0 bridgehead atoms. The van der Waals surface area contributed by atoms with Gasteiger partial charge in [-0.25, -0.2) is 9.78 Å². The van der Waals surface area contributed by atoms with Gasteiger partial charge in [-0.15, -0.1) is 0 Å². The molecule has 1 aliphatic rings. The molecule has 82 valence electrons. The monoisotopic (exact) mass is 228 g/mol. The lowest BCUT2D eigenvalue weighted by Gasteiger charge is -2.25. The molecule has 1 aromatic rings. The summed E-state index contributed by atoms with van der Waals surface area (Å²) in [7, 11) is 1.37. The third-order valence-electron chi connectivity index (χ3n) is 2.16. The van der Waals surface area contributed by atoms with Crippen LogP contribution in [0.15, 0.2) is 6.20 Å². The third-order valence-corrected chi connectivity index (χ3v) is 3.20. The van der Waals surface area contributed by atoms with Crippen molar-refractivity contribution in [3.8, 4) is 0 Å². The van der Waals surface area contributed by atoms with Crippen LogP contribution in [0.2, 0.25) is 0 Å². The molecule has 0 amide bonds. The maximum absolute atomic E-state index is 11.2. The molecular weight excluding hydrogens is 216 g/mol. The molecule has 0 N–H and O–H groups in total. The number of morpholine rings is 1. The van der Waals surface area contributed by atoms with Gasteiger partial charge in [0.05, 0.1) is 26.5 Å². The zero-order chi connectivity index (χ0) is 10.7. The van der Waals surface area contributed by atoms with Gasteiger partial charge < -0.3 is 14.4 Å². The van der Waals surface area contributed by atoms with Gasteiger partial charge in [0.25, 0.3) is 0 Å². The summed E-state index contributed by atoms with van der Waals surface area (Å²) in [5, 5.41) is 0.860. The van der Waals surface area contributed by atoms with Crippen molar-refractivity contribution < 1.29 is 14.3 Å². The second-order valence-electron chi connectivity index (χ2n) is 3.10. The molecule has 1 aliphatic heterocycles. The average molecular weight is 228 g/mol. The summed E-state index contributed by atoms with van der Waals surface area (Å²) in [4.78, 5) is 18.1. The SMILES string of the molecule is COC(=O)c1cnc(N2CCOCC2)s1. The Balaban J connectivity index is 2.08. The molecule has 0 radical (unpaired) electrons.